The van der Waals surface area contributed by atoms with Crippen LogP contribution in [-0.4, -0.2) is 8.42 Å². The van der Waals surface area contributed by atoms with Gasteiger partial charge in [0, 0.05) is 0 Å². The van der Waals surface area contributed by atoms with Gasteiger partial charge in [0.2, 0.25) is 0 Å². The maximum Gasteiger partial charge on any atom is 0.416 e. The van der Waals surface area contributed by atoms with Gasteiger partial charge in [-0.1, -0.05) is 61.5 Å². The third-order valence-corrected chi connectivity index (χ3v) is 9.04. The molecule has 1 aliphatic carbocycles. The molecule has 0 bridgehead atoms. The fraction of sp³-hybridized carbons (Fsp3) is 0.259. The molecule has 0 saturated carbocycles. The summed E-state index contributed by atoms with van der Waals surface area (Å²) in [7, 11) is -4.00. The number of rotatable bonds is 3. The molecule has 2 atom stereocenters. The van der Waals surface area contributed by atoms with Crippen LogP contribution in [0.5, 0.6) is 0 Å². The molecule has 0 amide bonds. The quantitative estimate of drug-likeness (QED) is 0.287. The molecule has 170 valence electrons. The predicted molar refractivity (Wildman–Crippen MR) is 125 cm³/mol. The van der Waals surface area contributed by atoms with Crippen molar-refractivity contribution in [2.75, 3.05) is 0 Å². The van der Waals surface area contributed by atoms with E-state index in [0.717, 1.165) is 45.7 Å². The lowest BCUT2D eigenvalue weighted by atomic mass is 9.78. The Balaban J connectivity index is 1.71. The van der Waals surface area contributed by atoms with Crippen LogP contribution in [0.3, 0.4) is 0 Å². The molecule has 0 fully saturated rings. The first-order chi connectivity index (χ1) is 15.7. The molecule has 2 unspecified atom stereocenters. The smallest absolute Gasteiger partial charge is 0.223 e. The van der Waals surface area contributed by atoms with Gasteiger partial charge in [-0.25, -0.2) is 8.42 Å². The minimum atomic E-state index is -4.60. The molecule has 33 heavy (non-hydrogen) atoms. The normalized spacial score (nSPS) is 19.0. The Morgan fingerprint density at radius 2 is 1.61 bits per heavy atom. The van der Waals surface area contributed by atoms with Crippen LogP contribution in [0, 0.1) is 0 Å². The van der Waals surface area contributed by atoms with Gasteiger partial charge in [0.05, 0.1) is 15.7 Å². The molecule has 0 saturated heterocycles. The van der Waals surface area contributed by atoms with Crippen molar-refractivity contribution < 1.29 is 21.6 Å². The van der Waals surface area contributed by atoms with E-state index >= 15 is 0 Å². The number of benzene rings is 4. The van der Waals surface area contributed by atoms with Crippen LogP contribution in [0.4, 0.5) is 13.2 Å². The Labute approximate surface area is 191 Å². The molecule has 0 heterocycles. The van der Waals surface area contributed by atoms with Gasteiger partial charge in [-0.2, -0.15) is 13.2 Å². The van der Waals surface area contributed by atoms with Gasteiger partial charge in [0.25, 0.3) is 0 Å². The summed E-state index contributed by atoms with van der Waals surface area (Å²) in [5, 5.41) is 3.46. The molecule has 6 heteroatoms. The second-order valence-corrected chi connectivity index (χ2v) is 10.8. The zero-order chi connectivity index (χ0) is 23.4. The van der Waals surface area contributed by atoms with Crippen LogP contribution < -0.4 is 0 Å². The average molecular weight is 469 g/mol. The third-order valence-electron chi connectivity index (χ3n) is 6.89. The molecule has 0 aliphatic heterocycles. The third kappa shape index (κ3) is 3.61. The van der Waals surface area contributed by atoms with Crippen LogP contribution in [0.1, 0.15) is 54.0 Å². The summed E-state index contributed by atoms with van der Waals surface area (Å²) in [5.41, 5.74) is 0.789. The number of sulfone groups is 1. The number of alkyl halides is 3. The Bertz CT molecular complexity index is 1470. The van der Waals surface area contributed by atoms with Crippen molar-refractivity contribution in [3.05, 3.63) is 89.5 Å². The molecular formula is C27H23F3O2S. The molecule has 5 rings (SSSR count). The van der Waals surface area contributed by atoms with Gasteiger partial charge in [-0.05, 0) is 76.1 Å². The molecule has 2 nitrogen and oxygen atoms in total. The Kier molecular flexibility index (Phi) is 5.24. The van der Waals surface area contributed by atoms with Crippen molar-refractivity contribution in [1.29, 1.82) is 0 Å². The maximum atomic E-state index is 13.6. The summed E-state index contributed by atoms with van der Waals surface area (Å²) in [4.78, 5) is -0.276. The topological polar surface area (TPSA) is 34.1 Å². The predicted octanol–water partition coefficient (Wildman–Crippen LogP) is 7.81. The summed E-state index contributed by atoms with van der Waals surface area (Å²) in [6, 6.07) is 20.1. The van der Waals surface area contributed by atoms with Crippen molar-refractivity contribution in [2.24, 2.45) is 0 Å². The van der Waals surface area contributed by atoms with Gasteiger partial charge in [0.1, 0.15) is 0 Å². The van der Waals surface area contributed by atoms with Gasteiger partial charge in [-0.15, -0.1) is 0 Å². The second kappa shape index (κ2) is 7.87. The first-order valence-corrected chi connectivity index (χ1v) is 12.6. The van der Waals surface area contributed by atoms with Crippen LogP contribution >= 0.6 is 0 Å². The van der Waals surface area contributed by atoms with Crippen molar-refractivity contribution in [1.82, 2.24) is 0 Å². The van der Waals surface area contributed by atoms with Crippen LogP contribution in [0.25, 0.3) is 21.5 Å². The number of hydrogen-bond donors (Lipinski definition) is 0. The van der Waals surface area contributed by atoms with E-state index in [1.807, 2.05) is 30.3 Å². The van der Waals surface area contributed by atoms with E-state index in [1.54, 1.807) is 0 Å². The highest BCUT2D eigenvalue weighted by Crippen LogP contribution is 2.48. The van der Waals surface area contributed by atoms with Crippen LogP contribution in [-0.2, 0) is 16.0 Å². The Hall–Kier alpha value is -2.86. The SMILES string of the molecule is CCC1CCC(S(=O)(=O)c2cccc(C(F)(F)F)c2)c2ccc3c(ccc4ccccc43)c21. The highest BCUT2D eigenvalue weighted by atomic mass is 32.2. The lowest BCUT2D eigenvalue weighted by Crippen LogP contribution is -2.22. The monoisotopic (exact) mass is 468 g/mol. The van der Waals surface area contributed by atoms with E-state index in [2.05, 4.69) is 25.1 Å². The van der Waals surface area contributed by atoms with Gasteiger partial charge < -0.3 is 0 Å². The Morgan fingerprint density at radius 1 is 0.848 bits per heavy atom. The molecule has 0 radical (unpaired) electrons. The second-order valence-electron chi connectivity index (χ2n) is 8.69. The highest BCUT2D eigenvalue weighted by Gasteiger charge is 2.38. The minimum absolute atomic E-state index is 0.206. The molecule has 0 spiro atoms. The fourth-order valence-electron chi connectivity index (χ4n) is 5.26. The summed E-state index contributed by atoms with van der Waals surface area (Å²) >= 11 is 0. The van der Waals surface area contributed by atoms with Crippen molar-refractivity contribution in [3.8, 4) is 0 Å². The van der Waals surface area contributed by atoms with Crippen molar-refractivity contribution >= 4 is 31.4 Å². The first-order valence-electron chi connectivity index (χ1n) is 11.1. The van der Waals surface area contributed by atoms with E-state index in [1.165, 1.54) is 12.1 Å². The summed E-state index contributed by atoms with van der Waals surface area (Å²) < 4.78 is 66.9. The summed E-state index contributed by atoms with van der Waals surface area (Å²) in [5.74, 6) is 0.206. The van der Waals surface area contributed by atoms with E-state index < -0.39 is 26.8 Å². The lowest BCUT2D eigenvalue weighted by Gasteiger charge is -2.32. The average Bonchev–Trinajstić information content (AvgIpc) is 2.82. The molecule has 0 aromatic heterocycles. The summed E-state index contributed by atoms with van der Waals surface area (Å²) in [6.45, 7) is 2.09. The Morgan fingerprint density at radius 3 is 2.36 bits per heavy atom. The van der Waals surface area contributed by atoms with Crippen molar-refractivity contribution in [3.63, 3.8) is 0 Å². The first kappa shape index (κ1) is 22.0. The molecule has 1 aliphatic rings. The van der Waals surface area contributed by atoms with Gasteiger partial charge in [0.15, 0.2) is 9.84 Å². The van der Waals surface area contributed by atoms with Crippen LogP contribution in [0.15, 0.2) is 77.7 Å². The van der Waals surface area contributed by atoms with Crippen molar-refractivity contribution in [2.45, 2.75) is 48.4 Å². The highest BCUT2D eigenvalue weighted by molar-refractivity contribution is 7.91. The minimum Gasteiger partial charge on any atom is -0.223 e. The number of hydrogen-bond acceptors (Lipinski definition) is 2. The fourth-order valence-corrected chi connectivity index (χ4v) is 7.14. The van der Waals surface area contributed by atoms with E-state index in [0.29, 0.717) is 18.4 Å². The largest absolute Gasteiger partial charge is 0.416 e. The zero-order valence-electron chi connectivity index (χ0n) is 18.1. The van der Waals surface area contributed by atoms with E-state index in [-0.39, 0.29) is 10.8 Å². The standard InChI is InChI=1S/C27H23F3O2S/c1-2-17-11-15-25(33(31,32)20-8-5-7-19(16-20)27(28,29)30)24-14-13-22-21-9-4-3-6-18(21)10-12-23(22)26(17)24/h3-10,12-14,16-17,25H,2,11,15H2,1H3. The van der Waals surface area contributed by atoms with Crippen LogP contribution in [0.2, 0.25) is 0 Å². The summed E-state index contributed by atoms with van der Waals surface area (Å²) in [6.07, 6.45) is -2.66. The molecule has 4 aromatic carbocycles. The maximum absolute atomic E-state index is 13.6. The van der Waals surface area contributed by atoms with Gasteiger partial charge in [-0.3, -0.25) is 0 Å². The van der Waals surface area contributed by atoms with Gasteiger partial charge >= 0.3 is 6.18 Å². The molecule has 0 N–H and O–H groups in total. The van der Waals surface area contributed by atoms with E-state index in [9.17, 15) is 21.6 Å². The molecular weight excluding hydrogens is 445 g/mol. The number of halogens is 3. The number of fused-ring (bicyclic) bond motifs is 5. The lowest BCUT2D eigenvalue weighted by molar-refractivity contribution is -0.137. The zero-order valence-corrected chi connectivity index (χ0v) is 18.9. The van der Waals surface area contributed by atoms with E-state index in [4.69, 9.17) is 0 Å². The molecule has 4 aromatic rings.